The Morgan fingerprint density at radius 3 is 2.84 bits per heavy atom. The molecule has 0 aliphatic carbocycles. The van der Waals surface area contributed by atoms with Crippen molar-refractivity contribution in [1.82, 2.24) is 0 Å². The Kier molecular flexibility index (Phi) is 4.77. The molecule has 3 rings (SSSR count). The Bertz CT molecular complexity index is 930. The number of halogens is 1. The normalized spacial score (nSPS) is 10.1. The average Bonchev–Trinajstić information content (AvgIpc) is 3.15. The third-order valence-electron chi connectivity index (χ3n) is 3.42. The van der Waals surface area contributed by atoms with E-state index in [-0.39, 0.29) is 23.8 Å². The lowest BCUT2D eigenvalue weighted by Crippen LogP contribution is -2.10. The van der Waals surface area contributed by atoms with Crippen LogP contribution in [0.3, 0.4) is 0 Å². The Morgan fingerprint density at radius 2 is 2.08 bits per heavy atom. The fraction of sp³-hybridized carbons (Fsp3) is 0.0526. The van der Waals surface area contributed by atoms with Crippen molar-refractivity contribution >= 4 is 11.6 Å². The van der Waals surface area contributed by atoms with E-state index in [0.717, 1.165) is 0 Å². The molecule has 2 aromatic carbocycles. The van der Waals surface area contributed by atoms with Gasteiger partial charge in [0.1, 0.15) is 18.2 Å². The molecule has 124 valence electrons. The maximum Gasteiger partial charge on any atom is 0.291 e. The molecular formula is C19H13FN2O3. The maximum atomic E-state index is 13.1. The zero-order valence-corrected chi connectivity index (χ0v) is 13.0. The number of ether oxygens (including phenoxy) is 1. The first kappa shape index (κ1) is 16.3. The summed E-state index contributed by atoms with van der Waals surface area (Å²) in [6.07, 6.45) is 1.42. The van der Waals surface area contributed by atoms with Gasteiger partial charge in [0.15, 0.2) is 5.76 Å². The Labute approximate surface area is 143 Å². The van der Waals surface area contributed by atoms with Gasteiger partial charge in [-0.3, -0.25) is 4.79 Å². The first-order valence-electron chi connectivity index (χ1n) is 7.42. The van der Waals surface area contributed by atoms with Crippen LogP contribution in [0.15, 0.2) is 65.3 Å². The van der Waals surface area contributed by atoms with Crippen LogP contribution in [0, 0.1) is 17.1 Å². The number of benzene rings is 2. The lowest BCUT2D eigenvalue weighted by Gasteiger charge is -2.10. The highest BCUT2D eigenvalue weighted by Crippen LogP contribution is 2.20. The topological polar surface area (TPSA) is 75.3 Å². The lowest BCUT2D eigenvalue weighted by molar-refractivity contribution is 0.0996. The molecule has 0 spiro atoms. The minimum Gasteiger partial charge on any atom is -0.489 e. The molecule has 5 nitrogen and oxygen atoms in total. The molecule has 25 heavy (non-hydrogen) atoms. The summed E-state index contributed by atoms with van der Waals surface area (Å²) in [5, 5.41) is 11.7. The predicted octanol–water partition coefficient (Wildman–Crippen LogP) is 4.12. The van der Waals surface area contributed by atoms with Gasteiger partial charge < -0.3 is 14.5 Å². The number of furan rings is 1. The van der Waals surface area contributed by atoms with Crippen molar-refractivity contribution < 1.29 is 18.3 Å². The molecule has 3 aromatic rings. The van der Waals surface area contributed by atoms with E-state index in [9.17, 15) is 9.18 Å². The fourth-order valence-electron chi connectivity index (χ4n) is 2.20. The van der Waals surface area contributed by atoms with Crippen molar-refractivity contribution in [1.29, 1.82) is 5.26 Å². The van der Waals surface area contributed by atoms with Gasteiger partial charge in [-0.1, -0.05) is 12.1 Å². The van der Waals surface area contributed by atoms with Crippen molar-refractivity contribution in [2.45, 2.75) is 6.61 Å². The second-order valence-corrected chi connectivity index (χ2v) is 5.16. The smallest absolute Gasteiger partial charge is 0.291 e. The van der Waals surface area contributed by atoms with Crippen molar-refractivity contribution in [2.75, 3.05) is 5.32 Å². The SMILES string of the molecule is N#Cc1cc(F)ccc1COc1cccc(NC(=O)c2ccco2)c1. The average molecular weight is 336 g/mol. The molecule has 0 unspecified atom stereocenters. The fourth-order valence-corrected chi connectivity index (χ4v) is 2.20. The van der Waals surface area contributed by atoms with Gasteiger partial charge in [0.25, 0.3) is 5.91 Å². The monoisotopic (exact) mass is 336 g/mol. The van der Waals surface area contributed by atoms with Crippen LogP contribution in [-0.2, 0) is 6.61 Å². The second kappa shape index (κ2) is 7.32. The number of amides is 1. The van der Waals surface area contributed by atoms with Crippen LogP contribution in [-0.4, -0.2) is 5.91 Å². The number of nitrogens with zero attached hydrogens (tertiary/aromatic N) is 1. The number of rotatable bonds is 5. The van der Waals surface area contributed by atoms with Gasteiger partial charge in [0.2, 0.25) is 0 Å². The highest BCUT2D eigenvalue weighted by molar-refractivity contribution is 6.02. The van der Waals surface area contributed by atoms with Gasteiger partial charge in [0.05, 0.1) is 17.9 Å². The summed E-state index contributed by atoms with van der Waals surface area (Å²) in [5.74, 6) is -0.128. The van der Waals surface area contributed by atoms with Crippen molar-refractivity contribution in [3.05, 3.63) is 83.6 Å². The van der Waals surface area contributed by atoms with E-state index in [0.29, 0.717) is 17.0 Å². The summed E-state index contributed by atoms with van der Waals surface area (Å²) >= 11 is 0. The van der Waals surface area contributed by atoms with Gasteiger partial charge in [-0.05, 0) is 36.4 Å². The van der Waals surface area contributed by atoms with E-state index in [1.165, 1.54) is 24.5 Å². The van der Waals surface area contributed by atoms with Crippen molar-refractivity contribution in [3.63, 3.8) is 0 Å². The van der Waals surface area contributed by atoms with Gasteiger partial charge in [0, 0.05) is 17.3 Å². The maximum absolute atomic E-state index is 13.1. The Hall–Kier alpha value is -3.59. The van der Waals surface area contributed by atoms with Gasteiger partial charge in [-0.15, -0.1) is 0 Å². The summed E-state index contributed by atoms with van der Waals surface area (Å²) in [5.41, 5.74) is 1.34. The molecular weight excluding hydrogens is 323 g/mol. The molecule has 1 N–H and O–H groups in total. The summed E-state index contributed by atoms with van der Waals surface area (Å²) in [6, 6.07) is 15.9. The highest BCUT2D eigenvalue weighted by atomic mass is 19.1. The summed E-state index contributed by atoms with van der Waals surface area (Å²) in [7, 11) is 0. The molecule has 1 aromatic heterocycles. The van der Waals surface area contributed by atoms with Crippen LogP contribution in [0.1, 0.15) is 21.7 Å². The number of nitriles is 1. The minimum absolute atomic E-state index is 0.110. The molecule has 0 aliphatic rings. The summed E-state index contributed by atoms with van der Waals surface area (Å²) in [4.78, 5) is 12.0. The van der Waals surface area contributed by atoms with Gasteiger partial charge >= 0.3 is 0 Å². The molecule has 0 bridgehead atoms. The molecule has 0 radical (unpaired) electrons. The molecule has 0 saturated carbocycles. The molecule has 1 heterocycles. The molecule has 1 amide bonds. The number of hydrogen-bond acceptors (Lipinski definition) is 4. The first-order valence-corrected chi connectivity index (χ1v) is 7.42. The summed E-state index contributed by atoms with van der Waals surface area (Å²) < 4.78 is 23.8. The van der Waals surface area contributed by atoms with Crippen molar-refractivity contribution in [2.24, 2.45) is 0 Å². The zero-order chi connectivity index (χ0) is 17.6. The highest BCUT2D eigenvalue weighted by Gasteiger charge is 2.09. The van der Waals surface area contributed by atoms with Crippen molar-refractivity contribution in [3.8, 4) is 11.8 Å². The number of nitrogens with one attached hydrogen (secondary N) is 1. The molecule has 6 heteroatoms. The molecule has 0 atom stereocenters. The van der Waals surface area contributed by atoms with Gasteiger partial charge in [-0.25, -0.2) is 4.39 Å². The number of carbonyl (C=O) groups is 1. The number of carbonyl (C=O) groups excluding carboxylic acids is 1. The zero-order valence-electron chi connectivity index (χ0n) is 13.0. The van der Waals surface area contributed by atoms with Crippen LogP contribution in [0.2, 0.25) is 0 Å². The predicted molar refractivity (Wildman–Crippen MR) is 88.6 cm³/mol. The molecule has 0 fully saturated rings. The first-order chi connectivity index (χ1) is 12.2. The van der Waals surface area contributed by atoms with E-state index in [1.807, 2.05) is 6.07 Å². The quantitative estimate of drug-likeness (QED) is 0.760. The Balaban J connectivity index is 1.68. The van der Waals surface area contributed by atoms with Crippen LogP contribution < -0.4 is 10.1 Å². The van der Waals surface area contributed by atoms with Crippen LogP contribution >= 0.6 is 0 Å². The van der Waals surface area contributed by atoms with Gasteiger partial charge in [-0.2, -0.15) is 5.26 Å². The molecule has 0 aliphatic heterocycles. The number of hydrogen-bond donors (Lipinski definition) is 1. The third kappa shape index (κ3) is 4.03. The van der Waals surface area contributed by atoms with E-state index >= 15 is 0 Å². The standard InChI is InChI=1S/C19H13FN2O3/c20-15-7-6-13(14(9-15)11-21)12-25-17-4-1-3-16(10-17)22-19(23)18-5-2-8-24-18/h1-10H,12H2,(H,22,23). The second-order valence-electron chi connectivity index (χ2n) is 5.16. The van der Waals surface area contributed by atoms with E-state index in [1.54, 1.807) is 36.4 Å². The molecule has 0 saturated heterocycles. The third-order valence-corrected chi connectivity index (χ3v) is 3.42. The minimum atomic E-state index is -0.470. The van der Waals surface area contributed by atoms with Crippen LogP contribution in [0.5, 0.6) is 5.75 Å². The lowest BCUT2D eigenvalue weighted by atomic mass is 10.1. The van der Waals surface area contributed by atoms with E-state index in [2.05, 4.69) is 5.32 Å². The summed E-state index contributed by atoms with van der Waals surface area (Å²) in [6.45, 7) is 0.110. The van der Waals surface area contributed by atoms with Crippen LogP contribution in [0.25, 0.3) is 0 Å². The van der Waals surface area contributed by atoms with E-state index in [4.69, 9.17) is 14.4 Å². The Morgan fingerprint density at radius 1 is 1.20 bits per heavy atom. The number of anilines is 1. The van der Waals surface area contributed by atoms with E-state index < -0.39 is 5.82 Å². The largest absolute Gasteiger partial charge is 0.489 e. The van der Waals surface area contributed by atoms with Crippen LogP contribution in [0.4, 0.5) is 10.1 Å².